The molecule has 0 bridgehead atoms. The van der Waals surface area contributed by atoms with Gasteiger partial charge in [-0.25, -0.2) is 0 Å². The fraction of sp³-hybridized carbons (Fsp3) is 0.412. The van der Waals surface area contributed by atoms with E-state index < -0.39 is 6.10 Å². The van der Waals surface area contributed by atoms with Crippen molar-refractivity contribution in [3.63, 3.8) is 0 Å². The van der Waals surface area contributed by atoms with Crippen molar-refractivity contribution < 1.29 is 19.2 Å². The third kappa shape index (κ3) is 5.36. The van der Waals surface area contributed by atoms with Crippen LogP contribution in [0.15, 0.2) is 35.1 Å². The zero-order chi connectivity index (χ0) is 17.5. The van der Waals surface area contributed by atoms with Crippen LogP contribution >= 0.6 is 0 Å². The Morgan fingerprint density at radius 2 is 2.17 bits per heavy atom. The Morgan fingerprint density at radius 3 is 2.79 bits per heavy atom. The third-order valence-corrected chi connectivity index (χ3v) is 3.21. The van der Waals surface area contributed by atoms with Crippen LogP contribution in [0.4, 0.5) is 5.69 Å². The lowest BCUT2D eigenvalue weighted by atomic mass is 10.1. The van der Waals surface area contributed by atoms with E-state index in [0.29, 0.717) is 35.3 Å². The second-order valence-corrected chi connectivity index (χ2v) is 5.80. The molecule has 7 nitrogen and oxygen atoms in total. The molecule has 3 N–H and O–H groups in total. The molecule has 0 saturated carbocycles. The number of carbonyl (C=O) groups excluding carboxylic acids is 1. The molecular weight excluding hydrogens is 310 g/mol. The fourth-order valence-electron chi connectivity index (χ4n) is 2.11. The first-order chi connectivity index (χ1) is 11.5. The normalized spacial score (nSPS) is 12.2. The minimum Gasteiger partial charge on any atom is -0.490 e. The molecule has 0 aliphatic heterocycles. The summed E-state index contributed by atoms with van der Waals surface area (Å²) < 4.78 is 10.6. The molecule has 1 unspecified atom stereocenters. The molecule has 0 spiro atoms. The quantitative estimate of drug-likeness (QED) is 0.684. The van der Waals surface area contributed by atoms with Gasteiger partial charge in [0.05, 0.1) is 0 Å². The number of aliphatic hydroxyl groups is 1. The number of nitrogens with zero attached hydrogens (tertiary/aromatic N) is 1. The van der Waals surface area contributed by atoms with E-state index in [1.807, 2.05) is 13.8 Å². The molecule has 1 aromatic carbocycles. The molecular formula is C17H23N3O4. The van der Waals surface area contributed by atoms with E-state index in [9.17, 15) is 9.90 Å². The van der Waals surface area contributed by atoms with Crippen molar-refractivity contribution in [3.05, 3.63) is 30.5 Å². The lowest BCUT2D eigenvalue weighted by Crippen LogP contribution is -2.35. The van der Waals surface area contributed by atoms with Crippen molar-refractivity contribution in [1.82, 2.24) is 10.5 Å². The summed E-state index contributed by atoms with van der Waals surface area (Å²) in [6.45, 7) is 6.05. The monoisotopic (exact) mass is 333 g/mol. The Bertz CT molecular complexity index is 656. The molecule has 0 radical (unpaired) electrons. The van der Waals surface area contributed by atoms with Crippen molar-refractivity contribution in [3.8, 4) is 17.0 Å². The molecule has 130 valence electrons. The molecule has 0 aliphatic carbocycles. The van der Waals surface area contributed by atoms with Gasteiger partial charge in [-0.2, -0.15) is 0 Å². The fourth-order valence-corrected chi connectivity index (χ4v) is 2.11. The summed E-state index contributed by atoms with van der Waals surface area (Å²) in [7, 11) is 0. The molecule has 1 aromatic heterocycles. The number of aromatic nitrogens is 1. The van der Waals surface area contributed by atoms with Gasteiger partial charge < -0.3 is 25.0 Å². The van der Waals surface area contributed by atoms with Gasteiger partial charge in [-0.05, 0) is 18.2 Å². The molecule has 2 rings (SSSR count). The third-order valence-electron chi connectivity index (χ3n) is 3.21. The van der Waals surface area contributed by atoms with Crippen molar-refractivity contribution in [2.24, 2.45) is 0 Å². The van der Waals surface area contributed by atoms with Crippen LogP contribution in [0, 0.1) is 0 Å². The van der Waals surface area contributed by atoms with E-state index in [4.69, 9.17) is 9.26 Å². The molecule has 0 fully saturated rings. The van der Waals surface area contributed by atoms with Gasteiger partial charge in [0.2, 0.25) is 5.91 Å². The maximum Gasteiger partial charge on any atom is 0.221 e. The number of aliphatic hydroxyl groups excluding tert-OH is 1. The maximum atomic E-state index is 11.2. The van der Waals surface area contributed by atoms with Gasteiger partial charge in [0.15, 0.2) is 0 Å². The number of anilines is 1. The number of hydrogen-bond acceptors (Lipinski definition) is 6. The van der Waals surface area contributed by atoms with Crippen LogP contribution in [-0.4, -0.2) is 41.5 Å². The molecule has 1 heterocycles. The van der Waals surface area contributed by atoms with Gasteiger partial charge in [0.1, 0.15) is 30.4 Å². The molecule has 1 atom stereocenters. The van der Waals surface area contributed by atoms with Crippen LogP contribution in [0.25, 0.3) is 11.3 Å². The van der Waals surface area contributed by atoms with Gasteiger partial charge in [-0.15, -0.1) is 0 Å². The van der Waals surface area contributed by atoms with Crippen molar-refractivity contribution >= 4 is 11.6 Å². The highest BCUT2D eigenvalue weighted by Gasteiger charge is 2.13. The number of nitrogens with one attached hydrogen (secondary N) is 2. The summed E-state index contributed by atoms with van der Waals surface area (Å²) in [6.07, 6.45) is 0.832. The van der Waals surface area contributed by atoms with Crippen LogP contribution in [0.1, 0.15) is 20.8 Å². The largest absolute Gasteiger partial charge is 0.490 e. The number of ether oxygens (including phenoxy) is 1. The topological polar surface area (TPSA) is 96.6 Å². The molecule has 0 saturated heterocycles. The standard InChI is InChI=1S/C17H23N3O4/c1-11(2)18-9-14(22)10-23-17-5-4-13(19-12(3)21)8-15(17)16-6-7-24-20-16/h4-8,11,14,18,22H,9-10H2,1-3H3,(H,19,21). The average Bonchev–Trinajstić information content (AvgIpc) is 3.05. The van der Waals surface area contributed by atoms with Gasteiger partial charge in [0, 0.05) is 36.8 Å². The lowest BCUT2D eigenvalue weighted by Gasteiger charge is -2.17. The van der Waals surface area contributed by atoms with Crippen LogP contribution in [-0.2, 0) is 4.79 Å². The molecule has 1 amide bonds. The molecule has 24 heavy (non-hydrogen) atoms. The highest BCUT2D eigenvalue weighted by atomic mass is 16.5. The van der Waals surface area contributed by atoms with Crippen LogP contribution in [0.5, 0.6) is 5.75 Å². The van der Waals surface area contributed by atoms with Gasteiger partial charge >= 0.3 is 0 Å². The first-order valence-electron chi connectivity index (χ1n) is 7.82. The highest BCUT2D eigenvalue weighted by molar-refractivity contribution is 5.90. The summed E-state index contributed by atoms with van der Waals surface area (Å²) >= 11 is 0. The first kappa shape index (κ1) is 18.0. The maximum absolute atomic E-state index is 11.2. The van der Waals surface area contributed by atoms with E-state index in [2.05, 4.69) is 15.8 Å². The molecule has 0 aliphatic rings. The number of amides is 1. The predicted molar refractivity (Wildman–Crippen MR) is 90.9 cm³/mol. The van der Waals surface area contributed by atoms with Gasteiger partial charge in [-0.1, -0.05) is 19.0 Å². The van der Waals surface area contributed by atoms with Crippen molar-refractivity contribution in [2.45, 2.75) is 32.9 Å². The Labute approximate surface area is 141 Å². The second kappa shape index (κ2) is 8.47. The summed E-state index contributed by atoms with van der Waals surface area (Å²) in [5, 5.41) is 19.8. The van der Waals surface area contributed by atoms with Crippen molar-refractivity contribution in [1.29, 1.82) is 0 Å². The van der Waals surface area contributed by atoms with E-state index in [-0.39, 0.29) is 12.5 Å². The Hall–Kier alpha value is -2.38. The summed E-state index contributed by atoms with van der Waals surface area (Å²) in [6, 6.07) is 7.23. The van der Waals surface area contributed by atoms with Crippen LogP contribution < -0.4 is 15.4 Å². The second-order valence-electron chi connectivity index (χ2n) is 5.80. The van der Waals surface area contributed by atoms with Crippen molar-refractivity contribution in [2.75, 3.05) is 18.5 Å². The SMILES string of the molecule is CC(=O)Nc1ccc(OCC(O)CNC(C)C)c(-c2ccon2)c1. The van der Waals surface area contributed by atoms with Crippen LogP contribution in [0.2, 0.25) is 0 Å². The lowest BCUT2D eigenvalue weighted by molar-refractivity contribution is -0.114. The van der Waals surface area contributed by atoms with Crippen LogP contribution in [0.3, 0.4) is 0 Å². The Balaban J connectivity index is 2.12. The number of benzene rings is 1. The number of hydrogen-bond donors (Lipinski definition) is 3. The number of carbonyl (C=O) groups is 1. The molecule has 2 aromatic rings. The van der Waals surface area contributed by atoms with E-state index in [1.165, 1.54) is 13.2 Å². The van der Waals surface area contributed by atoms with E-state index in [1.54, 1.807) is 24.3 Å². The Kier molecular flexibility index (Phi) is 6.34. The summed E-state index contributed by atoms with van der Waals surface area (Å²) in [4.78, 5) is 11.2. The smallest absolute Gasteiger partial charge is 0.221 e. The highest BCUT2D eigenvalue weighted by Crippen LogP contribution is 2.31. The van der Waals surface area contributed by atoms with E-state index >= 15 is 0 Å². The van der Waals surface area contributed by atoms with E-state index in [0.717, 1.165) is 0 Å². The zero-order valence-corrected chi connectivity index (χ0v) is 14.1. The minimum atomic E-state index is -0.632. The summed E-state index contributed by atoms with van der Waals surface area (Å²) in [5.41, 5.74) is 1.90. The first-order valence-corrected chi connectivity index (χ1v) is 7.82. The predicted octanol–water partition coefficient (Wildman–Crippen LogP) is 2.04. The molecule has 7 heteroatoms. The minimum absolute atomic E-state index is 0.143. The van der Waals surface area contributed by atoms with Gasteiger partial charge in [-0.3, -0.25) is 4.79 Å². The number of rotatable bonds is 8. The zero-order valence-electron chi connectivity index (χ0n) is 14.1. The van der Waals surface area contributed by atoms with Gasteiger partial charge in [0.25, 0.3) is 0 Å². The summed E-state index contributed by atoms with van der Waals surface area (Å²) in [5.74, 6) is 0.395. The average molecular weight is 333 g/mol. The Morgan fingerprint density at radius 1 is 1.38 bits per heavy atom.